The fourth-order valence-corrected chi connectivity index (χ4v) is 1.29. The summed E-state index contributed by atoms with van der Waals surface area (Å²) >= 11 is 0. The summed E-state index contributed by atoms with van der Waals surface area (Å²) in [6, 6.07) is 1.84. The highest BCUT2D eigenvalue weighted by Crippen LogP contribution is 2.13. The van der Waals surface area contributed by atoms with E-state index < -0.39 is 0 Å². The zero-order valence-corrected chi connectivity index (χ0v) is 6.83. The standard InChI is InChI=1S/C9H11N3/c1-4-11-9(12-5-1)8-2-6-10-7-3-8/h1-2,4-5,10H,3,6-7H2. The van der Waals surface area contributed by atoms with Gasteiger partial charge in [-0.15, -0.1) is 0 Å². The van der Waals surface area contributed by atoms with Crippen LogP contribution in [0, 0.1) is 0 Å². The van der Waals surface area contributed by atoms with Gasteiger partial charge in [0.15, 0.2) is 5.82 Å². The summed E-state index contributed by atoms with van der Waals surface area (Å²) in [6.07, 6.45) is 6.75. The smallest absolute Gasteiger partial charge is 0.154 e. The minimum Gasteiger partial charge on any atom is -0.313 e. The normalized spacial score (nSPS) is 17.2. The molecular weight excluding hydrogens is 150 g/mol. The summed E-state index contributed by atoms with van der Waals surface area (Å²) < 4.78 is 0. The Morgan fingerprint density at radius 2 is 2.08 bits per heavy atom. The monoisotopic (exact) mass is 161 g/mol. The number of nitrogens with one attached hydrogen (secondary N) is 1. The maximum absolute atomic E-state index is 4.20. The molecule has 0 unspecified atom stereocenters. The Morgan fingerprint density at radius 3 is 2.75 bits per heavy atom. The highest BCUT2D eigenvalue weighted by Gasteiger charge is 2.06. The second-order valence-electron chi connectivity index (χ2n) is 2.76. The highest BCUT2D eigenvalue weighted by molar-refractivity contribution is 5.60. The lowest BCUT2D eigenvalue weighted by atomic mass is 10.1. The van der Waals surface area contributed by atoms with E-state index in [1.165, 1.54) is 5.57 Å². The van der Waals surface area contributed by atoms with E-state index in [1.54, 1.807) is 12.4 Å². The Hall–Kier alpha value is -1.22. The van der Waals surface area contributed by atoms with Crippen LogP contribution < -0.4 is 5.32 Å². The molecule has 0 aromatic carbocycles. The van der Waals surface area contributed by atoms with E-state index in [0.29, 0.717) is 0 Å². The second kappa shape index (κ2) is 3.45. The molecule has 0 aliphatic carbocycles. The molecule has 0 saturated heterocycles. The van der Waals surface area contributed by atoms with Crippen molar-refractivity contribution in [2.75, 3.05) is 13.1 Å². The fourth-order valence-electron chi connectivity index (χ4n) is 1.29. The van der Waals surface area contributed by atoms with Crippen molar-refractivity contribution in [3.8, 4) is 0 Å². The SMILES string of the molecule is C1=C(c2ncccn2)CCNC1. The van der Waals surface area contributed by atoms with E-state index in [1.807, 2.05) is 6.07 Å². The van der Waals surface area contributed by atoms with Gasteiger partial charge in [-0.1, -0.05) is 6.08 Å². The maximum atomic E-state index is 4.20. The summed E-state index contributed by atoms with van der Waals surface area (Å²) in [5, 5.41) is 3.25. The van der Waals surface area contributed by atoms with Gasteiger partial charge in [-0.05, 0) is 24.6 Å². The van der Waals surface area contributed by atoms with Crippen LogP contribution in [0.1, 0.15) is 12.2 Å². The van der Waals surface area contributed by atoms with E-state index in [2.05, 4.69) is 21.4 Å². The van der Waals surface area contributed by atoms with Gasteiger partial charge in [0.05, 0.1) is 0 Å². The molecule has 0 fully saturated rings. The molecule has 1 aromatic heterocycles. The van der Waals surface area contributed by atoms with Gasteiger partial charge in [0.2, 0.25) is 0 Å². The average molecular weight is 161 g/mol. The number of aromatic nitrogens is 2. The van der Waals surface area contributed by atoms with Crippen LogP contribution in [0.4, 0.5) is 0 Å². The third-order valence-electron chi connectivity index (χ3n) is 1.92. The Bertz CT molecular complexity index is 279. The molecule has 1 aliphatic heterocycles. The molecule has 2 heterocycles. The summed E-state index contributed by atoms with van der Waals surface area (Å²) in [5.41, 5.74) is 1.26. The van der Waals surface area contributed by atoms with Crippen LogP contribution in [-0.4, -0.2) is 23.1 Å². The zero-order chi connectivity index (χ0) is 8.23. The molecule has 1 aromatic rings. The third-order valence-corrected chi connectivity index (χ3v) is 1.92. The third kappa shape index (κ3) is 1.51. The molecule has 0 saturated carbocycles. The Morgan fingerprint density at radius 1 is 1.25 bits per heavy atom. The first-order chi connectivity index (χ1) is 5.97. The average Bonchev–Trinajstić information content (AvgIpc) is 2.21. The number of rotatable bonds is 1. The van der Waals surface area contributed by atoms with Crippen molar-refractivity contribution < 1.29 is 0 Å². The van der Waals surface area contributed by atoms with Gasteiger partial charge in [-0.25, -0.2) is 9.97 Å². The first-order valence-electron chi connectivity index (χ1n) is 4.14. The summed E-state index contributed by atoms with van der Waals surface area (Å²) in [6.45, 7) is 1.97. The van der Waals surface area contributed by atoms with Crippen molar-refractivity contribution in [3.63, 3.8) is 0 Å². The molecule has 2 rings (SSSR count). The van der Waals surface area contributed by atoms with Gasteiger partial charge in [0, 0.05) is 18.9 Å². The van der Waals surface area contributed by atoms with Crippen molar-refractivity contribution in [2.45, 2.75) is 6.42 Å². The van der Waals surface area contributed by atoms with Crippen LogP contribution >= 0.6 is 0 Å². The summed E-state index contributed by atoms with van der Waals surface area (Å²) in [4.78, 5) is 8.39. The van der Waals surface area contributed by atoms with E-state index in [-0.39, 0.29) is 0 Å². The van der Waals surface area contributed by atoms with Gasteiger partial charge in [-0.3, -0.25) is 0 Å². The van der Waals surface area contributed by atoms with Gasteiger partial charge in [0.25, 0.3) is 0 Å². The van der Waals surface area contributed by atoms with E-state index in [4.69, 9.17) is 0 Å². The van der Waals surface area contributed by atoms with E-state index in [9.17, 15) is 0 Å². The molecule has 1 aliphatic rings. The van der Waals surface area contributed by atoms with Crippen LogP contribution in [0.3, 0.4) is 0 Å². The van der Waals surface area contributed by atoms with Crippen molar-refractivity contribution in [3.05, 3.63) is 30.4 Å². The molecule has 1 N–H and O–H groups in total. The lowest BCUT2D eigenvalue weighted by Crippen LogP contribution is -2.20. The molecule has 3 nitrogen and oxygen atoms in total. The second-order valence-corrected chi connectivity index (χ2v) is 2.76. The first-order valence-corrected chi connectivity index (χ1v) is 4.14. The maximum Gasteiger partial charge on any atom is 0.154 e. The quantitative estimate of drug-likeness (QED) is 0.663. The molecule has 0 spiro atoms. The molecular formula is C9H11N3. The molecule has 0 bridgehead atoms. The number of hydrogen-bond acceptors (Lipinski definition) is 3. The topological polar surface area (TPSA) is 37.8 Å². The predicted molar refractivity (Wildman–Crippen MR) is 47.5 cm³/mol. The zero-order valence-electron chi connectivity index (χ0n) is 6.83. The van der Waals surface area contributed by atoms with Crippen LogP contribution in [0.25, 0.3) is 5.57 Å². The van der Waals surface area contributed by atoms with Gasteiger partial charge in [-0.2, -0.15) is 0 Å². The highest BCUT2D eigenvalue weighted by atomic mass is 14.9. The lowest BCUT2D eigenvalue weighted by Gasteiger charge is -2.11. The lowest BCUT2D eigenvalue weighted by molar-refractivity contribution is 0.734. The van der Waals surface area contributed by atoms with Crippen molar-refractivity contribution in [2.24, 2.45) is 0 Å². The molecule has 0 amide bonds. The Kier molecular flexibility index (Phi) is 2.14. The molecule has 12 heavy (non-hydrogen) atoms. The van der Waals surface area contributed by atoms with Crippen molar-refractivity contribution in [1.29, 1.82) is 0 Å². The molecule has 62 valence electrons. The van der Waals surface area contributed by atoms with E-state index in [0.717, 1.165) is 25.3 Å². The Balaban J connectivity index is 2.24. The van der Waals surface area contributed by atoms with E-state index >= 15 is 0 Å². The van der Waals surface area contributed by atoms with Crippen molar-refractivity contribution in [1.82, 2.24) is 15.3 Å². The predicted octanol–water partition coefficient (Wildman–Crippen LogP) is 0.853. The minimum absolute atomic E-state index is 0.874. The van der Waals surface area contributed by atoms with Crippen LogP contribution in [0.15, 0.2) is 24.5 Å². The molecule has 0 atom stereocenters. The van der Waals surface area contributed by atoms with Crippen LogP contribution in [-0.2, 0) is 0 Å². The number of nitrogens with zero attached hydrogens (tertiary/aromatic N) is 2. The van der Waals surface area contributed by atoms with Gasteiger partial charge in [0.1, 0.15) is 0 Å². The largest absolute Gasteiger partial charge is 0.313 e. The van der Waals surface area contributed by atoms with Crippen LogP contribution in [0.2, 0.25) is 0 Å². The minimum atomic E-state index is 0.874. The summed E-state index contributed by atoms with van der Waals surface area (Å²) in [7, 11) is 0. The Labute approximate surface area is 71.5 Å². The molecule has 0 radical (unpaired) electrons. The van der Waals surface area contributed by atoms with Crippen LogP contribution in [0.5, 0.6) is 0 Å². The van der Waals surface area contributed by atoms with Gasteiger partial charge < -0.3 is 5.32 Å². The molecule has 3 heteroatoms. The summed E-state index contributed by atoms with van der Waals surface area (Å²) in [5.74, 6) is 0.874. The van der Waals surface area contributed by atoms with Crippen molar-refractivity contribution >= 4 is 5.57 Å². The fraction of sp³-hybridized carbons (Fsp3) is 0.333. The van der Waals surface area contributed by atoms with Gasteiger partial charge >= 0.3 is 0 Å². The number of hydrogen-bond donors (Lipinski definition) is 1. The first kappa shape index (κ1) is 7.43.